The van der Waals surface area contributed by atoms with Crippen LogP contribution < -0.4 is 19.5 Å². The molecule has 0 aromatic heterocycles. The Balaban J connectivity index is 1.56. The van der Waals surface area contributed by atoms with Crippen LogP contribution in [0, 0.1) is 16.0 Å². The minimum Gasteiger partial charge on any atom is -0.497 e. The number of ether oxygens (including phenoxy) is 4. The number of Topliss-reactive ketones (excluding diaryl/α,β-unsaturated/α-hetero) is 1. The van der Waals surface area contributed by atoms with Crippen molar-refractivity contribution in [3.8, 4) is 17.2 Å². The third-order valence-electron chi connectivity index (χ3n) is 6.64. The summed E-state index contributed by atoms with van der Waals surface area (Å²) in [4.78, 5) is 38.1. The van der Waals surface area contributed by atoms with Gasteiger partial charge in [0, 0.05) is 34.9 Å². The maximum Gasteiger partial charge on any atom is 0.316 e. The predicted molar refractivity (Wildman–Crippen MR) is 126 cm³/mol. The van der Waals surface area contributed by atoms with Crippen molar-refractivity contribution in [3.05, 3.63) is 81.2 Å². The van der Waals surface area contributed by atoms with Crippen LogP contribution in [-0.2, 0) is 20.9 Å². The molecule has 0 amide bonds. The van der Waals surface area contributed by atoms with Crippen LogP contribution in [0.15, 0.2) is 59.9 Å². The van der Waals surface area contributed by atoms with Gasteiger partial charge in [-0.3, -0.25) is 19.7 Å². The molecule has 2 unspecified atom stereocenters. The predicted octanol–water partition coefficient (Wildman–Crippen LogP) is 3.90. The largest absolute Gasteiger partial charge is 0.497 e. The first-order valence-electron chi connectivity index (χ1n) is 11.5. The molecule has 0 saturated heterocycles. The van der Waals surface area contributed by atoms with Gasteiger partial charge in [0.05, 0.1) is 18.1 Å². The molecule has 10 nitrogen and oxygen atoms in total. The molecule has 36 heavy (non-hydrogen) atoms. The second-order valence-corrected chi connectivity index (χ2v) is 8.75. The Morgan fingerprint density at radius 1 is 1.19 bits per heavy atom. The Morgan fingerprint density at radius 3 is 2.61 bits per heavy atom. The minimum absolute atomic E-state index is 0.0254. The van der Waals surface area contributed by atoms with E-state index in [1.54, 1.807) is 31.4 Å². The van der Waals surface area contributed by atoms with E-state index in [-0.39, 0.29) is 42.6 Å². The van der Waals surface area contributed by atoms with Crippen LogP contribution in [0.2, 0.25) is 0 Å². The molecule has 1 N–H and O–H groups in total. The number of hydrogen-bond acceptors (Lipinski definition) is 9. The monoisotopic (exact) mass is 492 g/mol. The second kappa shape index (κ2) is 9.37. The minimum atomic E-state index is -1.07. The first kappa shape index (κ1) is 23.4. The third kappa shape index (κ3) is 4.15. The van der Waals surface area contributed by atoms with E-state index in [1.807, 2.05) is 0 Å². The standard InChI is InChI=1S/C26H24N2O8/c1-14-23(26(30)34-12-15-6-8-16(33-2)9-7-15)24(25-18(27-14)4-3-5-20(25)29)17-10-21-22(36-13-35-21)11-19(17)28(31)32/h6-11,23-24,27H,1,3-5,12-13H2,2H3. The number of fused-ring (bicyclic) bond motifs is 1. The lowest BCUT2D eigenvalue weighted by molar-refractivity contribution is -0.385. The van der Waals surface area contributed by atoms with Crippen molar-refractivity contribution in [1.82, 2.24) is 5.32 Å². The lowest BCUT2D eigenvalue weighted by atomic mass is 9.71. The molecule has 0 spiro atoms. The number of nitro groups is 1. The number of nitrogens with one attached hydrogen (secondary N) is 1. The van der Waals surface area contributed by atoms with E-state index in [4.69, 9.17) is 18.9 Å². The number of hydrogen-bond donors (Lipinski definition) is 1. The van der Waals surface area contributed by atoms with E-state index in [0.29, 0.717) is 41.3 Å². The number of nitro benzene ring substituents is 1. The van der Waals surface area contributed by atoms with Gasteiger partial charge in [0.2, 0.25) is 6.79 Å². The van der Waals surface area contributed by atoms with E-state index in [2.05, 4.69) is 11.9 Å². The molecular formula is C26H24N2O8. The quantitative estimate of drug-likeness (QED) is 0.363. The van der Waals surface area contributed by atoms with Gasteiger partial charge < -0.3 is 24.3 Å². The Labute approximate surface area is 206 Å². The van der Waals surface area contributed by atoms with Crippen LogP contribution in [0.25, 0.3) is 0 Å². The van der Waals surface area contributed by atoms with Crippen molar-refractivity contribution < 1.29 is 33.5 Å². The van der Waals surface area contributed by atoms with Crippen LogP contribution >= 0.6 is 0 Å². The number of ketones is 1. The Hall–Kier alpha value is -4.34. The molecule has 2 heterocycles. The molecule has 1 aliphatic carbocycles. The van der Waals surface area contributed by atoms with Gasteiger partial charge in [0.15, 0.2) is 17.3 Å². The molecule has 2 aromatic carbocycles. The summed E-state index contributed by atoms with van der Waals surface area (Å²) in [6.45, 7) is 3.93. The highest BCUT2D eigenvalue weighted by Gasteiger charge is 2.46. The number of rotatable bonds is 6. The van der Waals surface area contributed by atoms with Crippen molar-refractivity contribution in [2.45, 2.75) is 31.8 Å². The molecule has 10 heteroatoms. The Bertz CT molecular complexity index is 1300. The zero-order valence-corrected chi connectivity index (χ0v) is 19.6. The number of allylic oxidation sites excluding steroid dienone is 2. The van der Waals surface area contributed by atoms with E-state index in [1.165, 1.54) is 12.1 Å². The number of benzene rings is 2. The molecule has 0 saturated carbocycles. The first-order valence-corrected chi connectivity index (χ1v) is 11.5. The van der Waals surface area contributed by atoms with E-state index in [0.717, 1.165) is 5.56 Å². The van der Waals surface area contributed by atoms with Crippen molar-refractivity contribution >= 4 is 17.4 Å². The second-order valence-electron chi connectivity index (χ2n) is 8.75. The van der Waals surface area contributed by atoms with Gasteiger partial charge in [-0.2, -0.15) is 0 Å². The average molecular weight is 492 g/mol. The SMILES string of the molecule is C=C1NC2=C(C(=O)CCC2)C(c2cc3c(cc2[N+](=O)[O-])OCO3)C1C(=O)OCc1ccc(OC)cc1. The molecule has 5 rings (SSSR count). The summed E-state index contributed by atoms with van der Waals surface area (Å²) in [5.41, 5.74) is 1.95. The molecule has 0 bridgehead atoms. The van der Waals surface area contributed by atoms with Gasteiger partial charge in [-0.25, -0.2) is 0 Å². The summed E-state index contributed by atoms with van der Waals surface area (Å²) < 4.78 is 21.6. The van der Waals surface area contributed by atoms with Crippen LogP contribution in [0.3, 0.4) is 0 Å². The first-order chi connectivity index (χ1) is 17.4. The fourth-order valence-electron chi connectivity index (χ4n) is 4.93. The van der Waals surface area contributed by atoms with E-state index in [9.17, 15) is 19.7 Å². The zero-order valence-electron chi connectivity index (χ0n) is 19.6. The Morgan fingerprint density at radius 2 is 1.92 bits per heavy atom. The van der Waals surface area contributed by atoms with E-state index < -0.39 is 22.7 Å². The molecule has 2 aliphatic heterocycles. The van der Waals surface area contributed by atoms with Crippen molar-refractivity contribution in [1.29, 1.82) is 0 Å². The van der Waals surface area contributed by atoms with Gasteiger partial charge in [-0.05, 0) is 36.6 Å². The molecule has 0 fully saturated rings. The summed E-state index contributed by atoms with van der Waals surface area (Å²) in [7, 11) is 1.56. The van der Waals surface area contributed by atoms with Crippen LogP contribution in [0.4, 0.5) is 5.69 Å². The summed E-state index contributed by atoms with van der Waals surface area (Å²) >= 11 is 0. The highest BCUT2D eigenvalue weighted by molar-refractivity contribution is 6.00. The molecule has 2 aromatic rings. The number of nitrogens with zero attached hydrogens (tertiary/aromatic N) is 1. The van der Waals surface area contributed by atoms with Gasteiger partial charge in [-0.15, -0.1) is 0 Å². The van der Waals surface area contributed by atoms with Gasteiger partial charge in [0.1, 0.15) is 18.3 Å². The number of methoxy groups -OCH3 is 1. The van der Waals surface area contributed by atoms with Crippen molar-refractivity contribution in [2.24, 2.45) is 5.92 Å². The fraction of sp³-hybridized carbons (Fsp3) is 0.308. The lowest BCUT2D eigenvalue weighted by Gasteiger charge is -2.38. The summed E-state index contributed by atoms with van der Waals surface area (Å²) in [6.07, 6.45) is 1.50. The number of carbonyl (C=O) groups excluding carboxylic acids is 2. The number of carbonyl (C=O) groups is 2. The average Bonchev–Trinajstić information content (AvgIpc) is 3.34. The maximum atomic E-state index is 13.5. The van der Waals surface area contributed by atoms with Crippen molar-refractivity contribution in [2.75, 3.05) is 13.9 Å². The zero-order chi connectivity index (χ0) is 25.4. The van der Waals surface area contributed by atoms with Gasteiger partial charge in [0.25, 0.3) is 5.69 Å². The number of esters is 1. The van der Waals surface area contributed by atoms with Crippen LogP contribution in [-0.4, -0.2) is 30.6 Å². The normalized spacial score (nSPS) is 20.5. The fourth-order valence-corrected chi connectivity index (χ4v) is 4.93. The molecule has 2 atom stereocenters. The molecule has 0 radical (unpaired) electrons. The highest BCUT2D eigenvalue weighted by atomic mass is 16.7. The third-order valence-corrected chi connectivity index (χ3v) is 6.64. The Kier molecular flexibility index (Phi) is 6.09. The van der Waals surface area contributed by atoms with Gasteiger partial charge in [-0.1, -0.05) is 18.7 Å². The maximum absolute atomic E-state index is 13.5. The summed E-state index contributed by atoms with van der Waals surface area (Å²) in [6, 6.07) is 9.80. The molecule has 186 valence electrons. The van der Waals surface area contributed by atoms with E-state index >= 15 is 0 Å². The smallest absolute Gasteiger partial charge is 0.316 e. The highest BCUT2D eigenvalue weighted by Crippen LogP contribution is 2.50. The van der Waals surface area contributed by atoms with Crippen LogP contribution in [0.1, 0.15) is 36.3 Å². The molecular weight excluding hydrogens is 468 g/mol. The molecule has 3 aliphatic rings. The van der Waals surface area contributed by atoms with Crippen LogP contribution in [0.5, 0.6) is 17.2 Å². The topological polar surface area (TPSA) is 126 Å². The summed E-state index contributed by atoms with van der Waals surface area (Å²) in [5.74, 6) is -1.62. The van der Waals surface area contributed by atoms with Crippen molar-refractivity contribution in [3.63, 3.8) is 0 Å². The van der Waals surface area contributed by atoms with Gasteiger partial charge >= 0.3 is 5.97 Å². The lowest BCUT2D eigenvalue weighted by Crippen LogP contribution is -2.41. The summed E-state index contributed by atoms with van der Waals surface area (Å²) in [5, 5.41) is 15.2.